The van der Waals surface area contributed by atoms with E-state index < -0.39 is 0 Å². The van der Waals surface area contributed by atoms with E-state index in [1.54, 1.807) is 13.1 Å². The molecule has 0 aliphatic carbocycles. The van der Waals surface area contributed by atoms with Crippen molar-refractivity contribution >= 4 is 5.91 Å². The van der Waals surface area contributed by atoms with Crippen molar-refractivity contribution in [3.05, 3.63) is 12.2 Å². The maximum atomic E-state index is 10.4. The van der Waals surface area contributed by atoms with E-state index >= 15 is 0 Å². The van der Waals surface area contributed by atoms with Crippen molar-refractivity contribution in [3.8, 4) is 0 Å². The molecule has 0 aromatic carbocycles. The predicted octanol–water partition coefficient (Wildman–Crippen LogP) is -0.329. The number of amides is 1. The summed E-state index contributed by atoms with van der Waals surface area (Å²) in [5.41, 5.74) is 0. The molecule has 0 atom stereocenters. The largest absolute Gasteiger partial charge is 0.396 e. The highest BCUT2D eigenvalue weighted by Crippen LogP contribution is 1.78. The van der Waals surface area contributed by atoms with E-state index in [0.717, 1.165) is 0 Å². The first kappa shape index (κ1) is 8.17. The number of nitrogens with one attached hydrogen (secondary N) is 1. The zero-order valence-electron chi connectivity index (χ0n) is 5.42. The minimum absolute atomic E-state index is 0.0908. The lowest BCUT2D eigenvalue weighted by molar-refractivity contribution is -0.116. The van der Waals surface area contributed by atoms with Crippen molar-refractivity contribution in [1.29, 1.82) is 0 Å². The van der Waals surface area contributed by atoms with Crippen LogP contribution in [0.1, 0.15) is 6.42 Å². The van der Waals surface area contributed by atoms with Gasteiger partial charge in [-0.05, 0) is 12.5 Å². The molecule has 3 heteroatoms. The Morgan fingerprint density at radius 3 is 2.89 bits per heavy atom. The monoisotopic (exact) mass is 129 g/mol. The van der Waals surface area contributed by atoms with Crippen molar-refractivity contribution in [2.75, 3.05) is 13.7 Å². The van der Waals surface area contributed by atoms with E-state index in [1.807, 2.05) is 0 Å². The zero-order chi connectivity index (χ0) is 7.11. The summed E-state index contributed by atoms with van der Waals surface area (Å²) in [4.78, 5) is 10.4. The second-order valence-electron chi connectivity index (χ2n) is 1.53. The number of aliphatic hydroxyl groups is 1. The number of carbonyl (C=O) groups is 1. The van der Waals surface area contributed by atoms with Gasteiger partial charge in [-0.25, -0.2) is 0 Å². The molecule has 3 nitrogen and oxygen atoms in total. The maximum absolute atomic E-state index is 10.4. The summed E-state index contributed by atoms with van der Waals surface area (Å²) < 4.78 is 0. The number of hydrogen-bond acceptors (Lipinski definition) is 2. The smallest absolute Gasteiger partial charge is 0.243 e. The molecule has 0 spiro atoms. The van der Waals surface area contributed by atoms with Crippen LogP contribution in [0.5, 0.6) is 0 Å². The van der Waals surface area contributed by atoms with Crippen LogP contribution in [0.3, 0.4) is 0 Å². The second-order valence-corrected chi connectivity index (χ2v) is 1.53. The molecule has 0 saturated heterocycles. The Morgan fingerprint density at radius 1 is 1.78 bits per heavy atom. The molecular formula is C6H11NO2. The predicted molar refractivity (Wildman–Crippen MR) is 34.9 cm³/mol. The van der Waals surface area contributed by atoms with Crippen LogP contribution in [-0.4, -0.2) is 24.7 Å². The van der Waals surface area contributed by atoms with Gasteiger partial charge in [-0.3, -0.25) is 4.79 Å². The summed E-state index contributed by atoms with van der Waals surface area (Å²) in [6.07, 6.45) is 3.56. The molecule has 1 amide bonds. The van der Waals surface area contributed by atoms with Crippen LogP contribution >= 0.6 is 0 Å². The van der Waals surface area contributed by atoms with E-state index in [0.29, 0.717) is 6.42 Å². The topological polar surface area (TPSA) is 49.3 Å². The first-order valence-corrected chi connectivity index (χ1v) is 2.80. The van der Waals surface area contributed by atoms with Crippen LogP contribution < -0.4 is 5.32 Å². The van der Waals surface area contributed by atoms with Crippen LogP contribution in [0.4, 0.5) is 0 Å². The zero-order valence-corrected chi connectivity index (χ0v) is 5.42. The third-order valence-corrected chi connectivity index (χ3v) is 0.811. The molecule has 0 saturated carbocycles. The van der Waals surface area contributed by atoms with Gasteiger partial charge in [0.15, 0.2) is 0 Å². The van der Waals surface area contributed by atoms with Crippen LogP contribution in [0, 0.1) is 0 Å². The van der Waals surface area contributed by atoms with Gasteiger partial charge in [-0.15, -0.1) is 0 Å². The molecular weight excluding hydrogens is 118 g/mol. The number of hydrogen-bond donors (Lipinski definition) is 2. The summed E-state index contributed by atoms with van der Waals surface area (Å²) in [5, 5.41) is 10.7. The van der Waals surface area contributed by atoms with Crippen molar-refractivity contribution in [3.63, 3.8) is 0 Å². The minimum atomic E-state index is -0.136. The van der Waals surface area contributed by atoms with Crippen molar-refractivity contribution in [2.45, 2.75) is 6.42 Å². The van der Waals surface area contributed by atoms with Gasteiger partial charge < -0.3 is 10.4 Å². The van der Waals surface area contributed by atoms with Crippen LogP contribution in [0.25, 0.3) is 0 Å². The first-order valence-electron chi connectivity index (χ1n) is 2.80. The summed E-state index contributed by atoms with van der Waals surface area (Å²) in [6, 6.07) is 0. The van der Waals surface area contributed by atoms with E-state index in [9.17, 15) is 4.79 Å². The van der Waals surface area contributed by atoms with Crippen LogP contribution in [-0.2, 0) is 4.79 Å². The highest BCUT2D eigenvalue weighted by Gasteiger charge is 1.84. The Morgan fingerprint density at radius 2 is 2.44 bits per heavy atom. The number of aliphatic hydroxyl groups excluding tert-OH is 1. The second kappa shape index (κ2) is 5.31. The standard InChI is InChI=1S/C6H11NO2/c1-7-6(9)4-2-3-5-8/h2,4,8H,3,5H2,1H3,(H,7,9)/b4-2-. The molecule has 0 heterocycles. The molecule has 0 aliphatic rings. The molecule has 0 aromatic rings. The van der Waals surface area contributed by atoms with Gasteiger partial charge >= 0.3 is 0 Å². The molecule has 0 aromatic heterocycles. The Labute approximate surface area is 54.4 Å². The maximum Gasteiger partial charge on any atom is 0.243 e. The van der Waals surface area contributed by atoms with Crippen LogP contribution in [0.2, 0.25) is 0 Å². The number of likely N-dealkylation sites (N-methyl/N-ethyl adjacent to an activating group) is 1. The molecule has 9 heavy (non-hydrogen) atoms. The van der Waals surface area contributed by atoms with E-state index in [1.165, 1.54) is 6.08 Å². The summed E-state index contributed by atoms with van der Waals surface area (Å²) in [5.74, 6) is -0.136. The fourth-order valence-corrected chi connectivity index (χ4v) is 0.348. The summed E-state index contributed by atoms with van der Waals surface area (Å²) >= 11 is 0. The fraction of sp³-hybridized carbons (Fsp3) is 0.500. The minimum Gasteiger partial charge on any atom is -0.396 e. The van der Waals surface area contributed by atoms with Gasteiger partial charge in [-0.1, -0.05) is 6.08 Å². The lowest BCUT2D eigenvalue weighted by atomic mass is 10.4. The summed E-state index contributed by atoms with van der Waals surface area (Å²) in [6.45, 7) is 0.0908. The summed E-state index contributed by atoms with van der Waals surface area (Å²) in [7, 11) is 1.56. The number of carbonyl (C=O) groups excluding carboxylic acids is 1. The van der Waals surface area contributed by atoms with E-state index in [-0.39, 0.29) is 12.5 Å². The molecule has 0 bridgehead atoms. The average molecular weight is 129 g/mol. The lowest BCUT2D eigenvalue weighted by Crippen LogP contribution is -2.13. The average Bonchev–Trinajstić information content (AvgIpc) is 1.89. The van der Waals surface area contributed by atoms with Gasteiger partial charge in [0, 0.05) is 13.7 Å². The molecule has 0 aliphatic heterocycles. The Balaban J connectivity index is 3.32. The van der Waals surface area contributed by atoms with Gasteiger partial charge in [0.05, 0.1) is 0 Å². The Bertz CT molecular complexity index is 110. The van der Waals surface area contributed by atoms with E-state index in [2.05, 4.69) is 5.32 Å². The lowest BCUT2D eigenvalue weighted by Gasteiger charge is -1.87. The van der Waals surface area contributed by atoms with Crippen molar-refractivity contribution in [1.82, 2.24) is 5.32 Å². The van der Waals surface area contributed by atoms with Gasteiger partial charge in [0.2, 0.25) is 5.91 Å². The first-order chi connectivity index (χ1) is 4.31. The van der Waals surface area contributed by atoms with Crippen LogP contribution in [0.15, 0.2) is 12.2 Å². The number of rotatable bonds is 3. The SMILES string of the molecule is CNC(=O)/C=C\CCO. The van der Waals surface area contributed by atoms with Gasteiger partial charge in [0.1, 0.15) is 0 Å². The fourth-order valence-electron chi connectivity index (χ4n) is 0.348. The molecule has 52 valence electrons. The van der Waals surface area contributed by atoms with Crippen molar-refractivity contribution in [2.24, 2.45) is 0 Å². The molecule has 0 rings (SSSR count). The van der Waals surface area contributed by atoms with Gasteiger partial charge in [-0.2, -0.15) is 0 Å². The highest BCUT2D eigenvalue weighted by atomic mass is 16.2. The third-order valence-electron chi connectivity index (χ3n) is 0.811. The van der Waals surface area contributed by atoms with Gasteiger partial charge in [0.25, 0.3) is 0 Å². The Kier molecular flexibility index (Phi) is 4.82. The van der Waals surface area contributed by atoms with Crippen molar-refractivity contribution < 1.29 is 9.90 Å². The molecule has 0 unspecified atom stereocenters. The third kappa shape index (κ3) is 5.03. The molecule has 0 fully saturated rings. The Hall–Kier alpha value is -0.830. The quantitative estimate of drug-likeness (QED) is 0.513. The molecule has 2 N–H and O–H groups in total. The highest BCUT2D eigenvalue weighted by molar-refractivity contribution is 5.87. The molecule has 0 radical (unpaired) electrons. The normalized spacial score (nSPS) is 10.0. The van der Waals surface area contributed by atoms with E-state index in [4.69, 9.17) is 5.11 Å².